The van der Waals surface area contributed by atoms with Crippen molar-refractivity contribution in [2.45, 2.75) is 51.7 Å². The summed E-state index contributed by atoms with van der Waals surface area (Å²) in [5.74, 6) is -1.20. The maximum Gasteiger partial charge on any atom is 0.435 e. The zero-order chi connectivity index (χ0) is 25.5. The number of rotatable bonds is 6. The largest absolute Gasteiger partial charge is 0.435 e. The highest BCUT2D eigenvalue weighted by molar-refractivity contribution is 6.01. The molecule has 4 rings (SSSR count). The molecule has 2 aliphatic rings. The van der Waals surface area contributed by atoms with Crippen LogP contribution in [0.4, 0.5) is 18.9 Å². The fourth-order valence-corrected chi connectivity index (χ4v) is 5.14. The van der Waals surface area contributed by atoms with Crippen molar-refractivity contribution in [3.8, 4) is 5.69 Å². The Kier molecular flexibility index (Phi) is 6.52. The van der Waals surface area contributed by atoms with Crippen LogP contribution in [0.15, 0.2) is 30.9 Å². The summed E-state index contributed by atoms with van der Waals surface area (Å²) in [5.41, 5.74) is 4.94. The second kappa shape index (κ2) is 9.14. The van der Waals surface area contributed by atoms with Crippen LogP contribution in [-0.4, -0.2) is 47.1 Å². The van der Waals surface area contributed by atoms with Gasteiger partial charge in [0.1, 0.15) is 0 Å². The fourth-order valence-electron chi connectivity index (χ4n) is 5.14. The molecule has 1 atom stereocenters. The first-order valence-electron chi connectivity index (χ1n) is 11.7. The zero-order valence-corrected chi connectivity index (χ0v) is 19.9. The molecule has 7 nitrogen and oxygen atoms in total. The second-order valence-electron chi connectivity index (χ2n) is 10.0. The van der Waals surface area contributed by atoms with Gasteiger partial charge in [0, 0.05) is 25.6 Å². The van der Waals surface area contributed by atoms with Gasteiger partial charge in [-0.05, 0) is 49.4 Å². The first-order valence-corrected chi connectivity index (χ1v) is 11.7. The molecule has 1 saturated heterocycles. The number of nitrogens with one attached hydrogen (secondary N) is 1. The van der Waals surface area contributed by atoms with E-state index in [-0.39, 0.29) is 35.7 Å². The van der Waals surface area contributed by atoms with E-state index in [9.17, 15) is 22.8 Å². The minimum absolute atomic E-state index is 0.0163. The maximum atomic E-state index is 13.9. The summed E-state index contributed by atoms with van der Waals surface area (Å²) < 4.78 is 42.8. The van der Waals surface area contributed by atoms with Gasteiger partial charge in [-0.25, -0.2) is 4.68 Å². The monoisotopic (exact) mass is 489 g/mol. The number of primary amides is 1. The average Bonchev–Trinajstić information content (AvgIpc) is 3.16. The van der Waals surface area contributed by atoms with Crippen LogP contribution in [0.5, 0.6) is 0 Å². The van der Waals surface area contributed by atoms with Gasteiger partial charge in [-0.2, -0.15) is 18.3 Å². The van der Waals surface area contributed by atoms with Gasteiger partial charge < -0.3 is 16.0 Å². The van der Waals surface area contributed by atoms with E-state index in [1.54, 1.807) is 12.1 Å². The van der Waals surface area contributed by atoms with Gasteiger partial charge >= 0.3 is 6.18 Å². The van der Waals surface area contributed by atoms with Crippen LogP contribution in [0, 0.1) is 5.41 Å². The Morgan fingerprint density at radius 3 is 2.71 bits per heavy atom. The quantitative estimate of drug-likeness (QED) is 0.601. The van der Waals surface area contributed by atoms with Crippen LogP contribution >= 0.6 is 0 Å². The van der Waals surface area contributed by atoms with Gasteiger partial charge in [-0.3, -0.25) is 9.59 Å². The Labute approximate surface area is 202 Å². The molecule has 1 aliphatic carbocycles. The summed E-state index contributed by atoms with van der Waals surface area (Å²) in [6, 6.07) is 4.72. The van der Waals surface area contributed by atoms with E-state index in [2.05, 4.69) is 17.0 Å². The molecule has 0 radical (unpaired) electrons. The average molecular weight is 490 g/mol. The van der Waals surface area contributed by atoms with Crippen LogP contribution in [0.2, 0.25) is 0 Å². The molecule has 35 heavy (non-hydrogen) atoms. The van der Waals surface area contributed by atoms with Crippen molar-refractivity contribution in [1.29, 1.82) is 0 Å². The molecule has 0 saturated carbocycles. The lowest BCUT2D eigenvalue weighted by molar-refractivity contribution is -0.141. The van der Waals surface area contributed by atoms with Crippen LogP contribution in [0.1, 0.15) is 65.2 Å². The number of alkyl halides is 3. The normalized spacial score (nSPS) is 19.8. The molecule has 10 heteroatoms. The number of carbonyl (C=O) groups is 2. The molecule has 1 aromatic carbocycles. The summed E-state index contributed by atoms with van der Waals surface area (Å²) in [4.78, 5) is 27.1. The van der Waals surface area contributed by atoms with Crippen LogP contribution in [0.3, 0.4) is 0 Å². The molecule has 1 amide bonds. The van der Waals surface area contributed by atoms with Crippen molar-refractivity contribution >= 4 is 17.4 Å². The Morgan fingerprint density at radius 2 is 2.11 bits per heavy atom. The highest BCUT2D eigenvalue weighted by Crippen LogP contribution is 2.42. The Balaban J connectivity index is 1.91. The number of fused-ring (bicyclic) bond motifs is 1. The van der Waals surface area contributed by atoms with Crippen LogP contribution in [-0.2, 0) is 12.6 Å². The Morgan fingerprint density at radius 1 is 1.37 bits per heavy atom. The summed E-state index contributed by atoms with van der Waals surface area (Å²) in [6.07, 6.45) is -0.963. The van der Waals surface area contributed by atoms with Crippen molar-refractivity contribution in [2.75, 3.05) is 24.5 Å². The minimum atomic E-state index is -4.77. The molecule has 1 aromatic heterocycles. The summed E-state index contributed by atoms with van der Waals surface area (Å²) in [6.45, 7) is 9.53. The summed E-state index contributed by atoms with van der Waals surface area (Å²) in [5, 5.41) is 7.23. The number of ketones is 1. The van der Waals surface area contributed by atoms with Gasteiger partial charge in [-0.1, -0.05) is 19.9 Å². The van der Waals surface area contributed by atoms with E-state index >= 15 is 0 Å². The van der Waals surface area contributed by atoms with Crippen molar-refractivity contribution in [2.24, 2.45) is 11.1 Å². The minimum Gasteiger partial charge on any atom is -0.366 e. The number of anilines is 1. The molecular weight excluding hydrogens is 459 g/mol. The lowest BCUT2D eigenvalue weighted by Gasteiger charge is -2.37. The number of hydrogen-bond donors (Lipinski definition) is 2. The molecule has 2 aromatic rings. The first-order chi connectivity index (χ1) is 16.4. The summed E-state index contributed by atoms with van der Waals surface area (Å²) in [7, 11) is 0. The smallest absolute Gasteiger partial charge is 0.366 e. The number of amides is 1. The van der Waals surface area contributed by atoms with Crippen molar-refractivity contribution in [3.63, 3.8) is 0 Å². The van der Waals surface area contributed by atoms with E-state index < -0.39 is 29.0 Å². The third kappa shape index (κ3) is 4.84. The van der Waals surface area contributed by atoms with Crippen molar-refractivity contribution in [3.05, 3.63) is 53.4 Å². The number of Topliss-reactive ketones (excluding diaryl/α,β-unsaturated/α-hetero) is 1. The topological polar surface area (TPSA) is 93.2 Å². The number of aromatic nitrogens is 2. The molecular formula is C25H30F3N5O2. The number of hydrogen-bond acceptors (Lipinski definition) is 5. The van der Waals surface area contributed by atoms with Crippen LogP contribution < -0.4 is 16.0 Å². The highest BCUT2D eigenvalue weighted by atomic mass is 19.4. The van der Waals surface area contributed by atoms with Gasteiger partial charge in [0.25, 0.3) is 5.91 Å². The molecule has 1 unspecified atom stereocenters. The maximum absolute atomic E-state index is 13.9. The third-order valence-corrected chi connectivity index (χ3v) is 6.65. The number of carbonyl (C=O) groups excluding carboxylic acids is 2. The van der Waals surface area contributed by atoms with Gasteiger partial charge in [0.15, 0.2) is 11.5 Å². The summed E-state index contributed by atoms with van der Waals surface area (Å²) >= 11 is 0. The molecule has 0 spiro atoms. The number of nitrogens with two attached hydrogens (primary N) is 1. The number of piperidine rings is 1. The Hall–Kier alpha value is -3.14. The Bertz CT molecular complexity index is 1160. The molecule has 3 N–H and O–H groups in total. The molecule has 1 aliphatic heterocycles. The predicted molar refractivity (Wildman–Crippen MR) is 127 cm³/mol. The molecule has 188 valence electrons. The number of nitrogens with zero attached hydrogens (tertiary/aromatic N) is 3. The zero-order valence-electron chi connectivity index (χ0n) is 19.9. The SMILES string of the molecule is C=CCN(c1cc(-n2nc(C(F)(F)F)c3c2CC(C)(C)CC3=O)ccc1C(N)=O)C1CCCNC1. The predicted octanol–water partition coefficient (Wildman–Crippen LogP) is 3.89. The molecule has 0 bridgehead atoms. The van der Waals surface area contributed by atoms with E-state index in [0.717, 1.165) is 19.4 Å². The van der Waals surface area contributed by atoms with E-state index in [0.29, 0.717) is 24.5 Å². The van der Waals surface area contributed by atoms with E-state index in [1.165, 1.54) is 16.8 Å². The van der Waals surface area contributed by atoms with Crippen molar-refractivity contribution < 1.29 is 22.8 Å². The molecule has 2 heterocycles. The lowest BCUT2D eigenvalue weighted by Crippen LogP contribution is -2.47. The van der Waals surface area contributed by atoms with Crippen LogP contribution in [0.25, 0.3) is 5.69 Å². The molecule has 1 fully saturated rings. The second-order valence-corrected chi connectivity index (χ2v) is 10.0. The van der Waals surface area contributed by atoms with E-state index in [1.807, 2.05) is 18.7 Å². The van der Waals surface area contributed by atoms with Gasteiger partial charge in [0.2, 0.25) is 0 Å². The standard InChI is InChI=1S/C25H30F3N5O2/c1-4-10-32(16-6-5-9-30-14-16)18-11-15(7-8-17(18)23(29)35)33-19-12-24(2,3)13-20(34)21(19)22(31-33)25(26,27)28/h4,7-8,11,16,30H,1,5-6,9-10,12-14H2,2-3H3,(H2,29,35). The lowest BCUT2D eigenvalue weighted by atomic mass is 9.75. The first kappa shape index (κ1) is 25.0. The fraction of sp³-hybridized carbons (Fsp3) is 0.480. The van der Waals surface area contributed by atoms with E-state index in [4.69, 9.17) is 5.73 Å². The highest BCUT2D eigenvalue weighted by Gasteiger charge is 2.45. The van der Waals surface area contributed by atoms with Gasteiger partial charge in [0.05, 0.1) is 28.2 Å². The number of halogens is 3. The third-order valence-electron chi connectivity index (χ3n) is 6.65. The van der Waals surface area contributed by atoms with Crippen molar-refractivity contribution in [1.82, 2.24) is 15.1 Å². The number of benzene rings is 1. The van der Waals surface area contributed by atoms with Gasteiger partial charge in [-0.15, -0.1) is 6.58 Å².